The number of ketones is 1. The smallest absolute Gasteiger partial charge is 0.313 e. The van der Waals surface area contributed by atoms with E-state index in [2.05, 4.69) is 15.3 Å². The largest absolute Gasteiger partial charge is 0.466 e. The summed E-state index contributed by atoms with van der Waals surface area (Å²) < 4.78 is 7.34. The van der Waals surface area contributed by atoms with E-state index in [4.69, 9.17) is 4.74 Å². The maximum absolute atomic E-state index is 12.6. The van der Waals surface area contributed by atoms with E-state index in [1.165, 1.54) is 11.0 Å². The fraction of sp³-hybridized carbons (Fsp3) is 0.333. The second-order valence-corrected chi connectivity index (χ2v) is 6.22. The normalized spacial score (nSPS) is 10.9. The summed E-state index contributed by atoms with van der Waals surface area (Å²) in [4.78, 5) is 40.2. The molecule has 140 valence electrons. The Balaban J connectivity index is 1.92. The third kappa shape index (κ3) is 3.91. The summed E-state index contributed by atoms with van der Waals surface area (Å²) in [5, 5.41) is 7.96. The van der Waals surface area contributed by atoms with Gasteiger partial charge in [0.1, 0.15) is 12.7 Å². The topological polar surface area (TPSA) is 109 Å². The molecule has 0 bridgehead atoms. The van der Waals surface area contributed by atoms with Crippen LogP contribution < -0.4 is 5.56 Å². The van der Waals surface area contributed by atoms with Crippen molar-refractivity contribution in [3.8, 4) is 5.69 Å². The van der Waals surface area contributed by atoms with Crippen LogP contribution in [-0.2, 0) is 20.9 Å². The van der Waals surface area contributed by atoms with Crippen LogP contribution >= 0.6 is 0 Å². The summed E-state index contributed by atoms with van der Waals surface area (Å²) in [5.41, 5.74) is 2.71. The minimum Gasteiger partial charge on any atom is -0.466 e. The molecule has 0 aliphatic carbocycles. The Hall–Kier alpha value is -3.36. The highest BCUT2D eigenvalue weighted by Gasteiger charge is 2.16. The van der Waals surface area contributed by atoms with Crippen molar-refractivity contribution in [2.75, 3.05) is 6.61 Å². The van der Waals surface area contributed by atoms with E-state index in [-0.39, 0.29) is 18.7 Å². The number of ether oxygens (including phenoxy) is 1. The fourth-order valence-electron chi connectivity index (χ4n) is 2.82. The number of aromatic nitrogens is 5. The number of esters is 1. The molecule has 0 spiro atoms. The number of hydrogen-bond donors (Lipinski definition) is 0. The maximum Gasteiger partial charge on any atom is 0.313 e. The Kier molecular flexibility index (Phi) is 5.11. The lowest BCUT2D eigenvalue weighted by Crippen LogP contribution is -2.26. The van der Waals surface area contributed by atoms with Crippen molar-refractivity contribution in [2.24, 2.45) is 0 Å². The van der Waals surface area contributed by atoms with Crippen LogP contribution in [0.4, 0.5) is 0 Å². The number of hydrogen-bond acceptors (Lipinski definition) is 7. The molecule has 2 aromatic heterocycles. The van der Waals surface area contributed by atoms with Crippen molar-refractivity contribution in [2.45, 2.75) is 33.7 Å². The summed E-state index contributed by atoms with van der Waals surface area (Å²) in [6.45, 7) is 5.50. The van der Waals surface area contributed by atoms with Gasteiger partial charge in [0.2, 0.25) is 0 Å². The van der Waals surface area contributed by atoms with Gasteiger partial charge in [0.25, 0.3) is 5.56 Å². The van der Waals surface area contributed by atoms with E-state index in [9.17, 15) is 14.4 Å². The predicted octanol–water partition coefficient (Wildman–Crippen LogP) is 1.12. The van der Waals surface area contributed by atoms with Crippen molar-refractivity contribution in [1.29, 1.82) is 0 Å². The van der Waals surface area contributed by atoms with Gasteiger partial charge in [-0.05, 0) is 44.0 Å². The molecule has 0 aliphatic heterocycles. The van der Waals surface area contributed by atoms with Gasteiger partial charge in [0.15, 0.2) is 16.9 Å². The standard InChI is InChI=1S/C18H19N5O4/c1-4-27-15(25)8-14(24)9-22-10-19-17-16(18(22)26)20-21-23(17)13-6-11(2)5-12(3)7-13/h5-7,10H,4,8-9H2,1-3H3. The molecule has 9 nitrogen and oxygen atoms in total. The molecule has 0 radical (unpaired) electrons. The summed E-state index contributed by atoms with van der Waals surface area (Å²) >= 11 is 0. The number of benzene rings is 1. The number of carbonyl (C=O) groups excluding carboxylic acids is 2. The molecular weight excluding hydrogens is 350 g/mol. The molecule has 2 heterocycles. The molecule has 0 aliphatic rings. The average molecular weight is 369 g/mol. The van der Waals surface area contributed by atoms with Gasteiger partial charge in [-0.15, -0.1) is 5.10 Å². The third-order valence-electron chi connectivity index (χ3n) is 3.87. The van der Waals surface area contributed by atoms with Gasteiger partial charge >= 0.3 is 5.97 Å². The molecule has 3 aromatic rings. The first-order valence-electron chi connectivity index (χ1n) is 8.46. The van der Waals surface area contributed by atoms with E-state index < -0.39 is 23.7 Å². The summed E-state index contributed by atoms with van der Waals surface area (Å²) in [6, 6.07) is 5.85. The molecule has 27 heavy (non-hydrogen) atoms. The number of nitrogens with zero attached hydrogens (tertiary/aromatic N) is 5. The maximum atomic E-state index is 12.6. The molecule has 9 heteroatoms. The Morgan fingerprint density at radius 1 is 1.15 bits per heavy atom. The lowest BCUT2D eigenvalue weighted by atomic mass is 10.1. The quantitative estimate of drug-likeness (QED) is 0.473. The molecular formula is C18H19N5O4. The molecule has 0 saturated heterocycles. The van der Waals surface area contributed by atoms with Crippen molar-refractivity contribution in [3.63, 3.8) is 0 Å². The summed E-state index contributed by atoms with van der Waals surface area (Å²) in [6.07, 6.45) is 0.865. The first-order chi connectivity index (χ1) is 12.9. The Morgan fingerprint density at radius 3 is 2.52 bits per heavy atom. The molecule has 0 unspecified atom stereocenters. The van der Waals surface area contributed by atoms with Crippen molar-refractivity contribution in [1.82, 2.24) is 24.5 Å². The van der Waals surface area contributed by atoms with E-state index in [0.29, 0.717) is 5.65 Å². The van der Waals surface area contributed by atoms with Gasteiger partial charge < -0.3 is 4.74 Å². The highest BCUT2D eigenvalue weighted by molar-refractivity contribution is 5.95. The fourth-order valence-corrected chi connectivity index (χ4v) is 2.82. The molecule has 0 atom stereocenters. The zero-order chi connectivity index (χ0) is 19.6. The van der Waals surface area contributed by atoms with Crippen molar-refractivity contribution < 1.29 is 14.3 Å². The van der Waals surface area contributed by atoms with Crippen molar-refractivity contribution in [3.05, 3.63) is 46.0 Å². The Bertz CT molecular complexity index is 1060. The second-order valence-electron chi connectivity index (χ2n) is 6.22. The van der Waals surface area contributed by atoms with Crippen LogP contribution in [-0.4, -0.2) is 42.9 Å². The molecule has 3 rings (SSSR count). The minimum atomic E-state index is -0.620. The van der Waals surface area contributed by atoms with Crippen LogP contribution in [0.5, 0.6) is 0 Å². The summed E-state index contributed by atoms with van der Waals surface area (Å²) in [7, 11) is 0. The lowest BCUT2D eigenvalue weighted by Gasteiger charge is -2.06. The number of rotatable bonds is 6. The monoisotopic (exact) mass is 369 g/mol. The predicted molar refractivity (Wildman–Crippen MR) is 96.7 cm³/mol. The lowest BCUT2D eigenvalue weighted by molar-refractivity contribution is -0.145. The summed E-state index contributed by atoms with van der Waals surface area (Å²) in [5.74, 6) is -1.07. The minimum absolute atomic E-state index is 0.0561. The van der Waals surface area contributed by atoms with E-state index in [1.807, 2.05) is 32.0 Å². The zero-order valence-corrected chi connectivity index (χ0v) is 15.3. The first-order valence-corrected chi connectivity index (χ1v) is 8.46. The molecule has 0 amide bonds. The second kappa shape index (κ2) is 7.48. The van der Waals surface area contributed by atoms with Crippen LogP contribution in [0, 0.1) is 13.8 Å². The first kappa shape index (κ1) is 18.4. The van der Waals surface area contributed by atoms with Crippen LogP contribution in [0.2, 0.25) is 0 Å². The van der Waals surface area contributed by atoms with Crippen LogP contribution in [0.15, 0.2) is 29.3 Å². The van der Waals surface area contributed by atoms with Crippen molar-refractivity contribution >= 4 is 22.9 Å². The molecule has 1 aromatic carbocycles. The Morgan fingerprint density at radius 2 is 1.85 bits per heavy atom. The number of fused-ring (bicyclic) bond motifs is 1. The van der Waals surface area contributed by atoms with Gasteiger partial charge in [-0.2, -0.15) is 4.68 Å². The van der Waals surface area contributed by atoms with Gasteiger partial charge in [-0.1, -0.05) is 11.3 Å². The molecule has 0 saturated carbocycles. The van der Waals surface area contributed by atoms with E-state index >= 15 is 0 Å². The molecule has 0 N–H and O–H groups in total. The third-order valence-corrected chi connectivity index (χ3v) is 3.87. The zero-order valence-electron chi connectivity index (χ0n) is 15.3. The SMILES string of the molecule is CCOC(=O)CC(=O)Cn1cnc2c(nnn2-c2cc(C)cc(C)c2)c1=O. The number of Topliss-reactive ketones (excluding diaryl/α,β-unsaturated/α-hetero) is 1. The number of aryl methyl sites for hydroxylation is 2. The average Bonchev–Trinajstić information content (AvgIpc) is 3.01. The van der Waals surface area contributed by atoms with Gasteiger partial charge in [0, 0.05) is 0 Å². The van der Waals surface area contributed by atoms with Crippen LogP contribution in [0.3, 0.4) is 0 Å². The van der Waals surface area contributed by atoms with Crippen LogP contribution in [0.25, 0.3) is 16.9 Å². The van der Waals surface area contributed by atoms with Gasteiger partial charge in [-0.3, -0.25) is 19.0 Å². The van der Waals surface area contributed by atoms with Gasteiger partial charge in [-0.25, -0.2) is 4.98 Å². The number of carbonyl (C=O) groups is 2. The highest BCUT2D eigenvalue weighted by Crippen LogP contribution is 2.15. The Labute approximate surface area is 154 Å². The van der Waals surface area contributed by atoms with E-state index in [1.54, 1.807) is 6.92 Å². The van der Waals surface area contributed by atoms with Crippen LogP contribution in [0.1, 0.15) is 24.5 Å². The van der Waals surface area contributed by atoms with E-state index in [0.717, 1.165) is 21.4 Å². The molecule has 0 fully saturated rings. The van der Waals surface area contributed by atoms with Gasteiger partial charge in [0.05, 0.1) is 18.8 Å². The highest BCUT2D eigenvalue weighted by atomic mass is 16.5.